The van der Waals surface area contributed by atoms with Gasteiger partial charge in [0, 0.05) is 0 Å². The first kappa shape index (κ1) is 14.3. The van der Waals surface area contributed by atoms with Crippen LogP contribution < -0.4 is 4.74 Å². The Hall–Kier alpha value is -2.69. The predicted molar refractivity (Wildman–Crippen MR) is 84.7 cm³/mol. The highest BCUT2D eigenvalue weighted by Gasteiger charge is 2.26. The summed E-state index contributed by atoms with van der Waals surface area (Å²) in [6, 6.07) is 17.8. The SMILES string of the molecule is COc1ccccc1-c1nnn(C(C)(C)c2ccccc2)n1. The molecule has 0 unspecified atom stereocenters. The van der Waals surface area contributed by atoms with E-state index in [0.29, 0.717) is 5.82 Å². The summed E-state index contributed by atoms with van der Waals surface area (Å²) in [5, 5.41) is 13.0. The predicted octanol–water partition coefficient (Wildman–Crippen LogP) is 3.13. The van der Waals surface area contributed by atoms with Gasteiger partial charge in [0.05, 0.1) is 12.7 Å². The number of nitrogens with zero attached hydrogens (tertiary/aromatic N) is 4. The lowest BCUT2D eigenvalue weighted by atomic mass is 9.95. The number of benzene rings is 2. The van der Waals surface area contributed by atoms with Crippen molar-refractivity contribution >= 4 is 0 Å². The molecule has 22 heavy (non-hydrogen) atoms. The van der Waals surface area contributed by atoms with Gasteiger partial charge in [-0.05, 0) is 36.8 Å². The third-order valence-corrected chi connectivity index (χ3v) is 3.74. The number of ether oxygens (including phenoxy) is 1. The summed E-state index contributed by atoms with van der Waals surface area (Å²) in [4.78, 5) is 1.64. The normalized spacial score (nSPS) is 11.4. The van der Waals surface area contributed by atoms with Crippen molar-refractivity contribution in [1.82, 2.24) is 20.2 Å². The summed E-state index contributed by atoms with van der Waals surface area (Å²) < 4.78 is 5.36. The van der Waals surface area contributed by atoms with Crippen molar-refractivity contribution < 1.29 is 4.74 Å². The summed E-state index contributed by atoms with van der Waals surface area (Å²) in [6.45, 7) is 4.13. The van der Waals surface area contributed by atoms with Crippen LogP contribution in [0.2, 0.25) is 0 Å². The lowest BCUT2D eigenvalue weighted by molar-refractivity contribution is 0.337. The molecule has 112 valence electrons. The number of hydrogen-bond acceptors (Lipinski definition) is 4. The van der Waals surface area contributed by atoms with Crippen molar-refractivity contribution in [1.29, 1.82) is 0 Å². The molecule has 2 aromatic carbocycles. The molecule has 0 aliphatic carbocycles. The second kappa shape index (κ2) is 5.60. The van der Waals surface area contributed by atoms with Gasteiger partial charge in [0.15, 0.2) is 0 Å². The van der Waals surface area contributed by atoms with E-state index in [9.17, 15) is 0 Å². The topological polar surface area (TPSA) is 52.8 Å². The van der Waals surface area contributed by atoms with Crippen LogP contribution in [0.15, 0.2) is 54.6 Å². The molecule has 1 aromatic heterocycles. The minimum absolute atomic E-state index is 0.380. The van der Waals surface area contributed by atoms with Gasteiger partial charge >= 0.3 is 0 Å². The Morgan fingerprint density at radius 3 is 2.36 bits per heavy atom. The molecule has 0 fully saturated rings. The van der Waals surface area contributed by atoms with Crippen molar-refractivity contribution in [3.63, 3.8) is 0 Å². The van der Waals surface area contributed by atoms with Gasteiger partial charge in [-0.1, -0.05) is 42.5 Å². The van der Waals surface area contributed by atoms with Crippen LogP contribution in [0.25, 0.3) is 11.4 Å². The van der Waals surface area contributed by atoms with Gasteiger partial charge in [0.1, 0.15) is 11.3 Å². The molecule has 0 spiro atoms. The molecule has 0 aliphatic heterocycles. The molecule has 0 atom stereocenters. The monoisotopic (exact) mass is 294 g/mol. The van der Waals surface area contributed by atoms with Crippen LogP contribution in [0.1, 0.15) is 19.4 Å². The molecule has 3 rings (SSSR count). The fourth-order valence-electron chi connectivity index (χ4n) is 2.35. The first-order valence-electron chi connectivity index (χ1n) is 7.12. The average molecular weight is 294 g/mol. The highest BCUT2D eigenvalue weighted by molar-refractivity contribution is 5.63. The number of para-hydroxylation sites is 1. The van der Waals surface area contributed by atoms with Crippen LogP contribution in [0.4, 0.5) is 0 Å². The largest absolute Gasteiger partial charge is 0.496 e. The van der Waals surface area contributed by atoms with E-state index in [0.717, 1.165) is 16.9 Å². The zero-order chi connectivity index (χ0) is 15.6. The van der Waals surface area contributed by atoms with E-state index in [1.165, 1.54) is 0 Å². The van der Waals surface area contributed by atoms with Gasteiger partial charge in [-0.2, -0.15) is 4.80 Å². The Morgan fingerprint density at radius 2 is 1.64 bits per heavy atom. The van der Waals surface area contributed by atoms with E-state index >= 15 is 0 Å². The molecule has 0 bridgehead atoms. The molecule has 0 N–H and O–H groups in total. The number of methoxy groups -OCH3 is 1. The third-order valence-electron chi connectivity index (χ3n) is 3.74. The molecular weight excluding hydrogens is 276 g/mol. The van der Waals surface area contributed by atoms with Crippen molar-refractivity contribution in [2.75, 3.05) is 7.11 Å². The Morgan fingerprint density at radius 1 is 0.955 bits per heavy atom. The third kappa shape index (κ3) is 2.45. The van der Waals surface area contributed by atoms with Crippen LogP contribution in [0, 0.1) is 0 Å². The van der Waals surface area contributed by atoms with Crippen molar-refractivity contribution in [3.05, 3.63) is 60.2 Å². The van der Waals surface area contributed by atoms with E-state index in [2.05, 4.69) is 41.4 Å². The molecule has 0 aliphatic rings. The summed E-state index contributed by atoms with van der Waals surface area (Å²) in [7, 11) is 1.64. The van der Waals surface area contributed by atoms with Crippen LogP contribution in [-0.4, -0.2) is 27.3 Å². The quantitative estimate of drug-likeness (QED) is 0.742. The lowest BCUT2D eigenvalue weighted by Gasteiger charge is -2.23. The van der Waals surface area contributed by atoms with Gasteiger partial charge in [0.25, 0.3) is 0 Å². The van der Waals surface area contributed by atoms with Crippen LogP contribution in [0.3, 0.4) is 0 Å². The molecule has 3 aromatic rings. The van der Waals surface area contributed by atoms with Gasteiger partial charge < -0.3 is 4.74 Å². The minimum atomic E-state index is -0.380. The standard InChI is InChI=1S/C17H18N4O/c1-17(2,13-9-5-4-6-10-13)21-19-16(18-20-21)14-11-7-8-12-15(14)22-3/h4-12H,1-3H3. The van der Waals surface area contributed by atoms with Crippen molar-refractivity contribution in [2.45, 2.75) is 19.4 Å². The highest BCUT2D eigenvalue weighted by Crippen LogP contribution is 2.28. The van der Waals surface area contributed by atoms with Gasteiger partial charge in [-0.15, -0.1) is 10.2 Å². The lowest BCUT2D eigenvalue weighted by Crippen LogP contribution is -2.30. The summed E-state index contributed by atoms with van der Waals surface area (Å²) in [5.41, 5.74) is 1.58. The Kier molecular flexibility index (Phi) is 3.63. The molecular formula is C17H18N4O. The molecule has 0 radical (unpaired) electrons. The van der Waals surface area contributed by atoms with Crippen LogP contribution in [0.5, 0.6) is 5.75 Å². The summed E-state index contributed by atoms with van der Waals surface area (Å²) in [6.07, 6.45) is 0. The van der Waals surface area contributed by atoms with Crippen LogP contribution in [-0.2, 0) is 5.54 Å². The Bertz CT molecular complexity index is 765. The number of tetrazole rings is 1. The van der Waals surface area contributed by atoms with E-state index in [1.54, 1.807) is 11.9 Å². The zero-order valence-electron chi connectivity index (χ0n) is 12.9. The number of aromatic nitrogens is 4. The minimum Gasteiger partial charge on any atom is -0.496 e. The number of rotatable bonds is 4. The van der Waals surface area contributed by atoms with Gasteiger partial charge in [0.2, 0.25) is 5.82 Å². The molecule has 5 nitrogen and oxygen atoms in total. The second-order valence-electron chi connectivity index (χ2n) is 5.53. The first-order chi connectivity index (χ1) is 10.6. The maximum absolute atomic E-state index is 5.36. The van der Waals surface area contributed by atoms with Crippen molar-refractivity contribution in [3.8, 4) is 17.1 Å². The molecule has 0 amide bonds. The molecule has 5 heteroatoms. The maximum Gasteiger partial charge on any atom is 0.208 e. The molecule has 0 saturated carbocycles. The zero-order valence-corrected chi connectivity index (χ0v) is 12.9. The second-order valence-corrected chi connectivity index (χ2v) is 5.53. The maximum atomic E-state index is 5.36. The van der Waals surface area contributed by atoms with Gasteiger partial charge in [-0.3, -0.25) is 0 Å². The summed E-state index contributed by atoms with van der Waals surface area (Å²) in [5.74, 6) is 1.29. The fourth-order valence-corrected chi connectivity index (χ4v) is 2.35. The fraction of sp³-hybridized carbons (Fsp3) is 0.235. The Balaban J connectivity index is 2.01. The average Bonchev–Trinajstić information content (AvgIpc) is 3.06. The number of hydrogen-bond donors (Lipinski definition) is 0. The highest BCUT2D eigenvalue weighted by atomic mass is 16.5. The van der Waals surface area contributed by atoms with Gasteiger partial charge in [-0.25, -0.2) is 0 Å². The molecule has 0 saturated heterocycles. The Labute approximate surface area is 129 Å². The van der Waals surface area contributed by atoms with E-state index in [-0.39, 0.29) is 5.54 Å². The summed E-state index contributed by atoms with van der Waals surface area (Å²) >= 11 is 0. The smallest absolute Gasteiger partial charge is 0.208 e. The van der Waals surface area contributed by atoms with E-state index < -0.39 is 0 Å². The van der Waals surface area contributed by atoms with Crippen LogP contribution >= 0.6 is 0 Å². The van der Waals surface area contributed by atoms with Crippen molar-refractivity contribution in [2.24, 2.45) is 0 Å². The van der Waals surface area contributed by atoms with E-state index in [4.69, 9.17) is 4.74 Å². The van der Waals surface area contributed by atoms with E-state index in [1.807, 2.05) is 42.5 Å². The molecule has 1 heterocycles. The first-order valence-corrected chi connectivity index (χ1v) is 7.12.